The molecule has 4 nitrogen and oxygen atoms in total. The molecule has 0 saturated carbocycles. The zero-order chi connectivity index (χ0) is 15.8. The van der Waals surface area contributed by atoms with E-state index in [4.69, 9.17) is 5.73 Å². The summed E-state index contributed by atoms with van der Waals surface area (Å²) in [5, 5.41) is 2.92. The Kier molecular flexibility index (Phi) is 12.6. The third kappa shape index (κ3) is 9.14. The molecule has 1 aliphatic heterocycles. The summed E-state index contributed by atoms with van der Waals surface area (Å²) in [6, 6.07) is 8.28. The van der Waals surface area contributed by atoms with Crippen LogP contribution in [0.2, 0.25) is 0 Å². The molecule has 0 radical (unpaired) electrons. The van der Waals surface area contributed by atoms with Gasteiger partial charge in [0.2, 0.25) is 5.91 Å². The Labute approximate surface area is 162 Å². The summed E-state index contributed by atoms with van der Waals surface area (Å²) in [7, 11) is 0. The summed E-state index contributed by atoms with van der Waals surface area (Å²) < 4.78 is 0. The number of amides is 1. The lowest BCUT2D eigenvalue weighted by Gasteiger charge is -2.26. The number of thioether (sulfide) groups is 1. The van der Waals surface area contributed by atoms with Crippen molar-refractivity contribution in [1.82, 2.24) is 4.90 Å². The maximum atomic E-state index is 11.8. The van der Waals surface area contributed by atoms with E-state index in [-0.39, 0.29) is 36.8 Å². The lowest BCUT2D eigenvalue weighted by atomic mass is 10.1. The van der Waals surface area contributed by atoms with Gasteiger partial charge in [0, 0.05) is 49.3 Å². The van der Waals surface area contributed by atoms with Crippen molar-refractivity contribution >= 4 is 48.2 Å². The van der Waals surface area contributed by atoms with Gasteiger partial charge in [-0.15, -0.1) is 24.8 Å². The van der Waals surface area contributed by atoms with E-state index in [2.05, 4.69) is 22.3 Å². The molecule has 0 aliphatic carbocycles. The Morgan fingerprint density at radius 2 is 1.88 bits per heavy atom. The van der Waals surface area contributed by atoms with Crippen LogP contribution >= 0.6 is 36.6 Å². The summed E-state index contributed by atoms with van der Waals surface area (Å²) in [5.74, 6) is 2.55. The number of nitrogens with zero attached hydrogens (tertiary/aromatic N) is 1. The van der Waals surface area contributed by atoms with Crippen LogP contribution in [0.4, 0.5) is 5.69 Å². The Morgan fingerprint density at radius 3 is 2.46 bits per heavy atom. The number of anilines is 1. The fourth-order valence-corrected chi connectivity index (χ4v) is 3.43. The molecule has 24 heavy (non-hydrogen) atoms. The molecule has 1 heterocycles. The number of carbonyl (C=O) groups excluding carboxylic acids is 1. The molecule has 0 aromatic heterocycles. The topological polar surface area (TPSA) is 58.4 Å². The summed E-state index contributed by atoms with van der Waals surface area (Å²) in [6.07, 6.45) is 2.27. The number of carbonyl (C=O) groups is 1. The highest BCUT2D eigenvalue weighted by Crippen LogP contribution is 2.13. The zero-order valence-electron chi connectivity index (χ0n) is 14.2. The van der Waals surface area contributed by atoms with Gasteiger partial charge >= 0.3 is 0 Å². The molecule has 0 bridgehead atoms. The van der Waals surface area contributed by atoms with Crippen LogP contribution in [-0.2, 0) is 11.2 Å². The molecule has 1 amide bonds. The van der Waals surface area contributed by atoms with E-state index in [0.717, 1.165) is 25.1 Å². The van der Waals surface area contributed by atoms with Crippen LogP contribution in [0.25, 0.3) is 0 Å². The Hall–Kier alpha value is -0.460. The van der Waals surface area contributed by atoms with Crippen molar-refractivity contribution in [3.63, 3.8) is 0 Å². The SMILES string of the molecule is CC(N)CCC(=O)Nc1ccc(CCN2CCSCC2)cc1.Cl.Cl. The van der Waals surface area contributed by atoms with Crippen molar-refractivity contribution in [1.29, 1.82) is 0 Å². The summed E-state index contributed by atoms with van der Waals surface area (Å²) >= 11 is 2.04. The van der Waals surface area contributed by atoms with Crippen LogP contribution in [0.3, 0.4) is 0 Å². The molecule has 1 saturated heterocycles. The van der Waals surface area contributed by atoms with E-state index in [1.165, 1.54) is 30.2 Å². The van der Waals surface area contributed by atoms with Crippen molar-refractivity contribution in [2.75, 3.05) is 36.5 Å². The largest absolute Gasteiger partial charge is 0.328 e. The first-order valence-corrected chi connectivity index (χ1v) is 9.23. The normalized spacial score (nSPS) is 15.8. The Morgan fingerprint density at radius 1 is 1.25 bits per heavy atom. The number of nitrogens with one attached hydrogen (secondary N) is 1. The highest BCUT2D eigenvalue weighted by atomic mass is 35.5. The first kappa shape index (κ1) is 23.5. The van der Waals surface area contributed by atoms with Crippen LogP contribution in [0.1, 0.15) is 25.3 Å². The van der Waals surface area contributed by atoms with Gasteiger partial charge in [-0.05, 0) is 37.5 Å². The molecule has 7 heteroatoms. The van der Waals surface area contributed by atoms with Gasteiger partial charge in [-0.25, -0.2) is 0 Å². The molecule has 138 valence electrons. The van der Waals surface area contributed by atoms with Crippen molar-refractivity contribution in [2.24, 2.45) is 5.73 Å². The van der Waals surface area contributed by atoms with Crippen molar-refractivity contribution in [2.45, 2.75) is 32.2 Å². The molecule has 1 unspecified atom stereocenters. The van der Waals surface area contributed by atoms with E-state index >= 15 is 0 Å². The minimum absolute atomic E-state index is 0. The number of hydrogen-bond donors (Lipinski definition) is 2. The van der Waals surface area contributed by atoms with Crippen molar-refractivity contribution < 1.29 is 4.79 Å². The van der Waals surface area contributed by atoms with Gasteiger partial charge in [-0.1, -0.05) is 12.1 Å². The molecule has 0 spiro atoms. The molecule has 1 aliphatic rings. The Bertz CT molecular complexity index is 465. The predicted molar refractivity (Wildman–Crippen MR) is 110 cm³/mol. The van der Waals surface area contributed by atoms with Gasteiger partial charge in [-0.2, -0.15) is 11.8 Å². The van der Waals surface area contributed by atoms with Gasteiger partial charge in [0.1, 0.15) is 0 Å². The molecular weight excluding hydrogens is 365 g/mol. The standard InChI is InChI=1S/C17H27N3OS.2ClH/c1-14(18)2-7-17(21)19-16-5-3-15(4-6-16)8-9-20-10-12-22-13-11-20;;/h3-6,14H,2,7-13,18H2,1H3,(H,19,21);2*1H. The third-order valence-electron chi connectivity index (χ3n) is 3.88. The van der Waals surface area contributed by atoms with Gasteiger partial charge in [0.05, 0.1) is 0 Å². The van der Waals surface area contributed by atoms with Crippen LogP contribution in [0, 0.1) is 0 Å². The van der Waals surface area contributed by atoms with Gasteiger partial charge in [0.25, 0.3) is 0 Å². The lowest BCUT2D eigenvalue weighted by molar-refractivity contribution is -0.116. The monoisotopic (exact) mass is 393 g/mol. The maximum absolute atomic E-state index is 11.8. The first-order chi connectivity index (χ1) is 10.6. The van der Waals surface area contributed by atoms with Gasteiger partial charge in [-0.3, -0.25) is 4.79 Å². The fourth-order valence-electron chi connectivity index (χ4n) is 2.45. The zero-order valence-corrected chi connectivity index (χ0v) is 16.7. The summed E-state index contributed by atoms with van der Waals surface area (Å²) in [4.78, 5) is 14.3. The van der Waals surface area contributed by atoms with Gasteiger partial charge in [0.15, 0.2) is 0 Å². The predicted octanol–water partition coefficient (Wildman–Crippen LogP) is 3.19. The van der Waals surface area contributed by atoms with Gasteiger partial charge < -0.3 is 16.0 Å². The second kappa shape index (κ2) is 12.8. The van der Waals surface area contributed by atoms with E-state index < -0.39 is 0 Å². The van der Waals surface area contributed by atoms with Crippen molar-refractivity contribution in [3.8, 4) is 0 Å². The van der Waals surface area contributed by atoms with Crippen LogP contribution in [0.5, 0.6) is 0 Å². The minimum atomic E-state index is 0. The smallest absolute Gasteiger partial charge is 0.224 e. The second-order valence-corrected chi connectivity index (χ2v) is 7.19. The van der Waals surface area contributed by atoms with E-state index in [1.807, 2.05) is 30.8 Å². The Balaban J connectivity index is 0.00000264. The number of benzene rings is 1. The highest BCUT2D eigenvalue weighted by Gasteiger charge is 2.10. The molecule has 3 N–H and O–H groups in total. The number of halogens is 2. The number of hydrogen-bond acceptors (Lipinski definition) is 4. The number of rotatable bonds is 7. The van der Waals surface area contributed by atoms with Crippen LogP contribution in [-0.4, -0.2) is 48.0 Å². The molecule has 1 aromatic carbocycles. The summed E-state index contributed by atoms with van der Waals surface area (Å²) in [5.41, 5.74) is 7.86. The maximum Gasteiger partial charge on any atom is 0.224 e. The highest BCUT2D eigenvalue weighted by molar-refractivity contribution is 7.99. The molecule has 1 fully saturated rings. The van der Waals surface area contributed by atoms with Crippen LogP contribution in [0.15, 0.2) is 24.3 Å². The summed E-state index contributed by atoms with van der Waals surface area (Å²) in [6.45, 7) is 5.46. The average Bonchev–Trinajstić information content (AvgIpc) is 2.53. The van der Waals surface area contributed by atoms with Crippen molar-refractivity contribution in [3.05, 3.63) is 29.8 Å². The van der Waals surface area contributed by atoms with Crippen LogP contribution < -0.4 is 11.1 Å². The minimum Gasteiger partial charge on any atom is -0.328 e. The molecular formula is C17H29Cl2N3OS. The molecule has 2 rings (SSSR count). The van der Waals surface area contributed by atoms with E-state index in [9.17, 15) is 4.79 Å². The van der Waals surface area contributed by atoms with E-state index in [0.29, 0.717) is 6.42 Å². The average molecular weight is 394 g/mol. The molecule has 1 atom stereocenters. The number of nitrogens with two attached hydrogens (primary N) is 1. The fraction of sp³-hybridized carbons (Fsp3) is 0.588. The lowest BCUT2D eigenvalue weighted by Crippen LogP contribution is -2.34. The quantitative estimate of drug-likeness (QED) is 0.746. The first-order valence-electron chi connectivity index (χ1n) is 8.08. The molecule has 1 aromatic rings. The third-order valence-corrected chi connectivity index (χ3v) is 4.83. The second-order valence-electron chi connectivity index (χ2n) is 5.97. The van der Waals surface area contributed by atoms with E-state index in [1.54, 1.807) is 0 Å².